The maximum Gasteiger partial charge on any atom is 0.410 e. The summed E-state index contributed by atoms with van der Waals surface area (Å²) in [6.07, 6.45) is 4.41. The molecule has 2 aliphatic heterocycles. The molecular weight excluding hydrogens is 302 g/mol. The SMILES string of the molecule is CN1CCC(N[C@@H]2CCCN(C(=O)OCc3ccccc3)C2)CC1. The van der Waals surface area contributed by atoms with Crippen LogP contribution in [0.3, 0.4) is 0 Å². The Morgan fingerprint density at radius 3 is 2.62 bits per heavy atom. The smallest absolute Gasteiger partial charge is 0.410 e. The van der Waals surface area contributed by atoms with Crippen molar-refractivity contribution < 1.29 is 9.53 Å². The number of hydrogen-bond donors (Lipinski definition) is 1. The lowest BCUT2D eigenvalue weighted by molar-refractivity contribution is 0.0807. The molecule has 1 aromatic carbocycles. The van der Waals surface area contributed by atoms with Crippen LogP contribution >= 0.6 is 0 Å². The summed E-state index contributed by atoms with van der Waals surface area (Å²) in [7, 11) is 2.18. The van der Waals surface area contributed by atoms with E-state index in [1.807, 2.05) is 35.2 Å². The van der Waals surface area contributed by atoms with Gasteiger partial charge in [-0.25, -0.2) is 4.79 Å². The Bertz CT molecular complexity index is 515. The number of ether oxygens (including phenoxy) is 1. The summed E-state index contributed by atoms with van der Waals surface area (Å²) in [5.41, 5.74) is 1.03. The highest BCUT2D eigenvalue weighted by Gasteiger charge is 2.27. The molecule has 0 radical (unpaired) electrons. The molecular formula is C19H29N3O2. The van der Waals surface area contributed by atoms with Gasteiger partial charge in [0.2, 0.25) is 0 Å². The third-order valence-corrected chi connectivity index (χ3v) is 5.07. The van der Waals surface area contributed by atoms with Crippen molar-refractivity contribution in [3.63, 3.8) is 0 Å². The maximum atomic E-state index is 12.3. The molecule has 0 aliphatic carbocycles. The fourth-order valence-corrected chi connectivity index (χ4v) is 3.60. The summed E-state index contributed by atoms with van der Waals surface area (Å²) in [4.78, 5) is 16.6. The van der Waals surface area contributed by atoms with Gasteiger partial charge in [0.15, 0.2) is 0 Å². The second-order valence-corrected chi connectivity index (χ2v) is 7.07. The van der Waals surface area contributed by atoms with Crippen LogP contribution in [0.2, 0.25) is 0 Å². The molecule has 2 aliphatic rings. The van der Waals surface area contributed by atoms with Crippen molar-refractivity contribution in [1.82, 2.24) is 15.1 Å². The average Bonchev–Trinajstić information content (AvgIpc) is 2.63. The molecule has 2 saturated heterocycles. The minimum Gasteiger partial charge on any atom is -0.445 e. The summed E-state index contributed by atoms with van der Waals surface area (Å²) in [5.74, 6) is 0. The average molecular weight is 331 g/mol. The van der Waals surface area contributed by atoms with E-state index in [0.29, 0.717) is 18.7 Å². The van der Waals surface area contributed by atoms with Gasteiger partial charge in [0, 0.05) is 25.2 Å². The van der Waals surface area contributed by atoms with Crippen LogP contribution in [0.5, 0.6) is 0 Å². The highest BCUT2D eigenvalue weighted by atomic mass is 16.6. The topological polar surface area (TPSA) is 44.8 Å². The fourth-order valence-electron chi connectivity index (χ4n) is 3.60. The van der Waals surface area contributed by atoms with E-state index in [2.05, 4.69) is 17.3 Å². The van der Waals surface area contributed by atoms with Crippen LogP contribution in [0.15, 0.2) is 30.3 Å². The second kappa shape index (κ2) is 8.49. The summed E-state index contributed by atoms with van der Waals surface area (Å²) in [5, 5.41) is 3.76. The Morgan fingerprint density at radius 2 is 1.88 bits per heavy atom. The summed E-state index contributed by atoms with van der Waals surface area (Å²) in [6.45, 7) is 4.24. The zero-order chi connectivity index (χ0) is 16.8. The van der Waals surface area contributed by atoms with Gasteiger partial charge in [0.05, 0.1) is 0 Å². The lowest BCUT2D eigenvalue weighted by Crippen LogP contribution is -2.52. The molecule has 0 saturated carbocycles. The predicted molar refractivity (Wildman–Crippen MR) is 94.9 cm³/mol. The molecule has 0 aromatic heterocycles. The molecule has 3 rings (SSSR count). The Hall–Kier alpha value is -1.59. The first-order valence-electron chi connectivity index (χ1n) is 9.11. The van der Waals surface area contributed by atoms with Gasteiger partial charge in [0.25, 0.3) is 0 Å². The summed E-state index contributed by atoms with van der Waals surface area (Å²) >= 11 is 0. The highest BCUT2D eigenvalue weighted by molar-refractivity contribution is 5.67. The van der Waals surface area contributed by atoms with E-state index >= 15 is 0 Å². The number of carbonyl (C=O) groups excluding carboxylic acids is 1. The monoisotopic (exact) mass is 331 g/mol. The zero-order valence-electron chi connectivity index (χ0n) is 14.6. The number of hydrogen-bond acceptors (Lipinski definition) is 4. The molecule has 1 N–H and O–H groups in total. The molecule has 132 valence electrons. The van der Waals surface area contributed by atoms with Gasteiger partial charge >= 0.3 is 6.09 Å². The van der Waals surface area contributed by atoms with Crippen LogP contribution in [0.25, 0.3) is 0 Å². The van der Waals surface area contributed by atoms with Crippen molar-refractivity contribution in [3.8, 4) is 0 Å². The first-order valence-corrected chi connectivity index (χ1v) is 9.11. The van der Waals surface area contributed by atoms with Crippen molar-refractivity contribution in [2.45, 2.75) is 44.4 Å². The first kappa shape index (κ1) is 17.2. The molecule has 0 bridgehead atoms. The van der Waals surface area contributed by atoms with Gasteiger partial charge in [0.1, 0.15) is 6.61 Å². The van der Waals surface area contributed by atoms with E-state index in [9.17, 15) is 4.79 Å². The number of carbonyl (C=O) groups is 1. The standard InChI is InChI=1S/C19H29N3O2/c1-21-12-9-17(10-13-21)20-18-8-5-11-22(14-18)19(23)24-15-16-6-3-2-4-7-16/h2-4,6-7,17-18,20H,5,8-15H2,1H3/t18-/m1/s1. The van der Waals surface area contributed by atoms with Crippen molar-refractivity contribution in [3.05, 3.63) is 35.9 Å². The third kappa shape index (κ3) is 4.95. The molecule has 1 atom stereocenters. The number of piperidine rings is 2. The van der Waals surface area contributed by atoms with Crippen LogP contribution < -0.4 is 5.32 Å². The van der Waals surface area contributed by atoms with Crippen LogP contribution in [-0.4, -0.2) is 61.2 Å². The summed E-state index contributed by atoms with van der Waals surface area (Å²) in [6, 6.07) is 10.8. The Balaban J connectivity index is 1.43. The number of nitrogens with zero attached hydrogens (tertiary/aromatic N) is 2. The Morgan fingerprint density at radius 1 is 1.12 bits per heavy atom. The van der Waals surface area contributed by atoms with Gasteiger partial charge in [-0.15, -0.1) is 0 Å². The molecule has 2 heterocycles. The van der Waals surface area contributed by atoms with Crippen molar-refractivity contribution in [2.24, 2.45) is 0 Å². The minimum absolute atomic E-state index is 0.186. The van der Waals surface area contributed by atoms with Crippen LogP contribution in [0.1, 0.15) is 31.2 Å². The Kier molecular flexibility index (Phi) is 6.10. The number of nitrogens with one attached hydrogen (secondary N) is 1. The van der Waals surface area contributed by atoms with Gasteiger partial charge < -0.3 is 19.9 Å². The minimum atomic E-state index is -0.186. The lowest BCUT2D eigenvalue weighted by Gasteiger charge is -2.37. The number of benzene rings is 1. The third-order valence-electron chi connectivity index (χ3n) is 5.07. The van der Waals surface area contributed by atoms with Gasteiger partial charge in [-0.2, -0.15) is 0 Å². The molecule has 2 fully saturated rings. The highest BCUT2D eigenvalue weighted by Crippen LogP contribution is 2.16. The first-order chi connectivity index (χ1) is 11.7. The van der Waals surface area contributed by atoms with Crippen molar-refractivity contribution in [1.29, 1.82) is 0 Å². The van der Waals surface area contributed by atoms with E-state index in [4.69, 9.17) is 4.74 Å². The van der Waals surface area contributed by atoms with E-state index in [1.165, 1.54) is 12.8 Å². The largest absolute Gasteiger partial charge is 0.445 e. The second-order valence-electron chi connectivity index (χ2n) is 7.07. The Labute approximate surface area is 145 Å². The molecule has 5 nitrogen and oxygen atoms in total. The van der Waals surface area contributed by atoms with E-state index in [1.54, 1.807) is 0 Å². The maximum absolute atomic E-state index is 12.3. The molecule has 5 heteroatoms. The van der Waals surface area contributed by atoms with E-state index in [-0.39, 0.29) is 6.09 Å². The molecule has 0 unspecified atom stereocenters. The van der Waals surface area contributed by atoms with Crippen LogP contribution in [-0.2, 0) is 11.3 Å². The van der Waals surface area contributed by atoms with Gasteiger partial charge in [-0.05, 0) is 51.4 Å². The van der Waals surface area contributed by atoms with Crippen molar-refractivity contribution >= 4 is 6.09 Å². The molecule has 1 amide bonds. The molecule has 0 spiro atoms. The summed E-state index contributed by atoms with van der Waals surface area (Å²) < 4.78 is 5.47. The molecule has 24 heavy (non-hydrogen) atoms. The van der Waals surface area contributed by atoms with Gasteiger partial charge in [-0.1, -0.05) is 30.3 Å². The van der Waals surface area contributed by atoms with E-state index < -0.39 is 0 Å². The lowest BCUT2D eigenvalue weighted by atomic mass is 10.0. The zero-order valence-corrected chi connectivity index (χ0v) is 14.6. The number of likely N-dealkylation sites (tertiary alicyclic amines) is 2. The fraction of sp³-hybridized carbons (Fsp3) is 0.632. The van der Waals surface area contributed by atoms with Crippen LogP contribution in [0, 0.1) is 0 Å². The number of amides is 1. The predicted octanol–water partition coefficient (Wildman–Crippen LogP) is 2.47. The normalized spacial score (nSPS) is 23.2. The molecule has 1 aromatic rings. The quantitative estimate of drug-likeness (QED) is 0.921. The van der Waals surface area contributed by atoms with E-state index in [0.717, 1.165) is 44.6 Å². The van der Waals surface area contributed by atoms with Gasteiger partial charge in [-0.3, -0.25) is 0 Å². The number of rotatable bonds is 4. The van der Waals surface area contributed by atoms with Crippen molar-refractivity contribution in [2.75, 3.05) is 33.2 Å². The van der Waals surface area contributed by atoms with Crippen LogP contribution in [0.4, 0.5) is 4.79 Å².